The number of hydrogen-bond acceptors (Lipinski definition) is 0. The standard InChI is InChI=1S/C26H19N/c1-19-15-23(20-9-4-3-5-10-20)18-24(16-19)21-11-8-12-22(17-21)25-13-6-7-14-26(25)27-2/h3-18H,1H3. The summed E-state index contributed by atoms with van der Waals surface area (Å²) in [6.45, 7) is 9.56. The van der Waals surface area contributed by atoms with Crippen LogP contribution in [0.25, 0.3) is 38.2 Å². The smallest absolute Gasteiger partial charge is 0.194 e. The second-order valence-corrected chi connectivity index (χ2v) is 6.66. The monoisotopic (exact) mass is 345 g/mol. The predicted octanol–water partition coefficient (Wildman–Crippen LogP) is 7.55. The third kappa shape index (κ3) is 3.52. The summed E-state index contributed by atoms with van der Waals surface area (Å²) in [6, 6.07) is 33.3. The lowest BCUT2D eigenvalue weighted by atomic mass is 9.94. The quantitative estimate of drug-likeness (QED) is 0.338. The summed E-state index contributed by atoms with van der Waals surface area (Å²) in [4.78, 5) is 3.67. The van der Waals surface area contributed by atoms with Crippen LogP contribution in [0.3, 0.4) is 0 Å². The van der Waals surface area contributed by atoms with Gasteiger partial charge in [-0.1, -0.05) is 84.9 Å². The van der Waals surface area contributed by atoms with Gasteiger partial charge >= 0.3 is 0 Å². The number of rotatable bonds is 3. The van der Waals surface area contributed by atoms with Crippen LogP contribution < -0.4 is 0 Å². The minimum Gasteiger partial charge on any atom is -0.238 e. The molecule has 0 aliphatic heterocycles. The molecule has 128 valence electrons. The van der Waals surface area contributed by atoms with Crippen LogP contribution in [0.4, 0.5) is 5.69 Å². The van der Waals surface area contributed by atoms with Gasteiger partial charge in [0.15, 0.2) is 5.69 Å². The first kappa shape index (κ1) is 16.8. The van der Waals surface area contributed by atoms with Crippen molar-refractivity contribution in [2.24, 2.45) is 0 Å². The summed E-state index contributed by atoms with van der Waals surface area (Å²) in [7, 11) is 0. The molecule has 0 saturated heterocycles. The van der Waals surface area contributed by atoms with Gasteiger partial charge < -0.3 is 0 Å². The Morgan fingerprint density at radius 1 is 0.556 bits per heavy atom. The molecule has 0 amide bonds. The van der Waals surface area contributed by atoms with Crippen LogP contribution in [-0.2, 0) is 0 Å². The molecular formula is C26H19N. The summed E-state index contributed by atoms with van der Waals surface area (Å²) in [6.07, 6.45) is 0. The molecular weight excluding hydrogens is 326 g/mol. The first-order chi connectivity index (χ1) is 13.2. The van der Waals surface area contributed by atoms with Gasteiger partial charge in [-0.3, -0.25) is 0 Å². The van der Waals surface area contributed by atoms with E-state index in [1.165, 1.54) is 22.3 Å². The average molecular weight is 345 g/mol. The zero-order valence-electron chi connectivity index (χ0n) is 15.2. The molecule has 0 unspecified atom stereocenters. The minimum atomic E-state index is 0.684. The van der Waals surface area contributed by atoms with Crippen LogP contribution in [0.2, 0.25) is 0 Å². The lowest BCUT2D eigenvalue weighted by Crippen LogP contribution is -1.86. The fourth-order valence-corrected chi connectivity index (χ4v) is 3.43. The van der Waals surface area contributed by atoms with E-state index in [1.54, 1.807) is 0 Å². The van der Waals surface area contributed by atoms with Crippen molar-refractivity contribution >= 4 is 5.69 Å². The van der Waals surface area contributed by atoms with E-state index >= 15 is 0 Å². The van der Waals surface area contributed by atoms with E-state index in [4.69, 9.17) is 6.57 Å². The maximum absolute atomic E-state index is 7.43. The highest BCUT2D eigenvalue weighted by atomic mass is 14.6. The molecule has 0 fully saturated rings. The minimum absolute atomic E-state index is 0.684. The number of aryl methyl sites for hydroxylation is 1. The van der Waals surface area contributed by atoms with Crippen molar-refractivity contribution in [2.75, 3.05) is 0 Å². The zero-order valence-corrected chi connectivity index (χ0v) is 15.2. The van der Waals surface area contributed by atoms with Crippen molar-refractivity contribution in [2.45, 2.75) is 6.92 Å². The van der Waals surface area contributed by atoms with Crippen molar-refractivity contribution in [3.63, 3.8) is 0 Å². The highest BCUT2D eigenvalue weighted by molar-refractivity contribution is 5.82. The van der Waals surface area contributed by atoms with Crippen LogP contribution in [-0.4, -0.2) is 0 Å². The Balaban J connectivity index is 1.81. The summed E-state index contributed by atoms with van der Waals surface area (Å²) in [5.41, 5.74) is 8.76. The Bertz CT molecular complexity index is 1130. The van der Waals surface area contributed by atoms with Gasteiger partial charge in [0.25, 0.3) is 0 Å². The maximum atomic E-state index is 7.43. The van der Waals surface area contributed by atoms with Gasteiger partial charge in [0.1, 0.15) is 0 Å². The molecule has 0 saturated carbocycles. The second-order valence-electron chi connectivity index (χ2n) is 6.66. The summed E-state index contributed by atoms with van der Waals surface area (Å²) < 4.78 is 0. The third-order valence-corrected chi connectivity index (χ3v) is 4.72. The van der Waals surface area contributed by atoms with Crippen molar-refractivity contribution in [3.05, 3.63) is 114 Å². The molecule has 0 spiro atoms. The van der Waals surface area contributed by atoms with Gasteiger partial charge in [-0.2, -0.15) is 0 Å². The Hall–Kier alpha value is -3.63. The molecule has 0 aliphatic rings. The predicted molar refractivity (Wildman–Crippen MR) is 114 cm³/mol. The molecule has 27 heavy (non-hydrogen) atoms. The lowest BCUT2D eigenvalue weighted by molar-refractivity contribution is 1.46. The first-order valence-corrected chi connectivity index (χ1v) is 8.99. The van der Waals surface area contributed by atoms with Gasteiger partial charge in [-0.15, -0.1) is 0 Å². The Kier molecular flexibility index (Phi) is 4.56. The number of hydrogen-bond donors (Lipinski definition) is 0. The molecule has 0 radical (unpaired) electrons. The Labute approximate surface area is 160 Å². The van der Waals surface area contributed by atoms with E-state index < -0.39 is 0 Å². The molecule has 0 bridgehead atoms. The largest absolute Gasteiger partial charge is 0.238 e. The van der Waals surface area contributed by atoms with Gasteiger partial charge in [0.05, 0.1) is 6.57 Å². The summed E-state index contributed by atoms with van der Waals surface area (Å²) in [5.74, 6) is 0. The maximum Gasteiger partial charge on any atom is 0.194 e. The van der Waals surface area contributed by atoms with E-state index in [-0.39, 0.29) is 0 Å². The lowest BCUT2D eigenvalue weighted by Gasteiger charge is -2.11. The molecule has 4 aromatic carbocycles. The van der Waals surface area contributed by atoms with E-state index in [2.05, 4.69) is 78.5 Å². The number of benzene rings is 4. The SMILES string of the molecule is [C-]#[N+]c1ccccc1-c1cccc(-c2cc(C)cc(-c3ccccc3)c2)c1. The molecule has 0 atom stereocenters. The Morgan fingerprint density at radius 2 is 1.15 bits per heavy atom. The van der Waals surface area contributed by atoms with E-state index in [9.17, 15) is 0 Å². The number of nitrogens with zero attached hydrogens (tertiary/aromatic N) is 1. The molecule has 0 aliphatic carbocycles. The zero-order chi connectivity index (χ0) is 18.6. The summed E-state index contributed by atoms with van der Waals surface area (Å²) in [5, 5.41) is 0. The van der Waals surface area contributed by atoms with Crippen molar-refractivity contribution in [1.29, 1.82) is 0 Å². The number of para-hydroxylation sites is 1. The van der Waals surface area contributed by atoms with E-state index in [0.29, 0.717) is 5.69 Å². The molecule has 0 aromatic heterocycles. The second kappa shape index (κ2) is 7.32. The van der Waals surface area contributed by atoms with Gasteiger partial charge in [-0.05, 0) is 58.0 Å². The van der Waals surface area contributed by atoms with Gasteiger partial charge in [0.2, 0.25) is 0 Å². The molecule has 1 nitrogen and oxygen atoms in total. The molecule has 1 heteroatoms. The average Bonchev–Trinajstić information content (AvgIpc) is 2.74. The summed E-state index contributed by atoms with van der Waals surface area (Å²) >= 11 is 0. The molecule has 4 rings (SSSR count). The van der Waals surface area contributed by atoms with Crippen molar-refractivity contribution in [1.82, 2.24) is 0 Å². The molecule has 0 N–H and O–H groups in total. The van der Waals surface area contributed by atoms with Crippen LogP contribution in [0.15, 0.2) is 97.1 Å². The first-order valence-electron chi connectivity index (χ1n) is 8.99. The van der Waals surface area contributed by atoms with Crippen LogP contribution >= 0.6 is 0 Å². The highest BCUT2D eigenvalue weighted by Gasteiger charge is 2.08. The van der Waals surface area contributed by atoms with Crippen molar-refractivity contribution in [3.8, 4) is 33.4 Å². The van der Waals surface area contributed by atoms with Crippen LogP contribution in [0, 0.1) is 13.5 Å². The van der Waals surface area contributed by atoms with E-state index in [1.807, 2.05) is 30.3 Å². The normalized spacial score (nSPS) is 10.4. The van der Waals surface area contributed by atoms with Gasteiger partial charge in [-0.25, -0.2) is 4.85 Å². The van der Waals surface area contributed by atoms with Gasteiger partial charge in [0, 0.05) is 0 Å². The van der Waals surface area contributed by atoms with Crippen LogP contribution in [0.5, 0.6) is 0 Å². The molecule has 0 heterocycles. The topological polar surface area (TPSA) is 4.36 Å². The van der Waals surface area contributed by atoms with E-state index in [0.717, 1.165) is 16.7 Å². The molecule has 4 aromatic rings. The van der Waals surface area contributed by atoms with Crippen molar-refractivity contribution < 1.29 is 0 Å². The van der Waals surface area contributed by atoms with Crippen LogP contribution in [0.1, 0.15) is 5.56 Å². The highest BCUT2D eigenvalue weighted by Crippen LogP contribution is 2.34. The third-order valence-electron chi connectivity index (χ3n) is 4.72. The fourth-order valence-electron chi connectivity index (χ4n) is 3.43. The Morgan fingerprint density at radius 3 is 1.93 bits per heavy atom. The fraction of sp³-hybridized carbons (Fsp3) is 0.0385.